The van der Waals surface area contributed by atoms with Crippen molar-refractivity contribution in [1.29, 1.82) is 0 Å². The van der Waals surface area contributed by atoms with E-state index in [1.54, 1.807) is 0 Å². The molecule has 2 aromatic rings. The average molecular weight is 331 g/mol. The van der Waals surface area contributed by atoms with Crippen LogP contribution in [0.5, 0.6) is 0 Å². The van der Waals surface area contributed by atoms with Crippen LogP contribution in [0.1, 0.15) is 37.9 Å². The van der Waals surface area contributed by atoms with Crippen molar-refractivity contribution in [2.45, 2.75) is 39.3 Å². The first kappa shape index (κ1) is 17.5. The maximum atomic E-state index is 12.3. The van der Waals surface area contributed by atoms with Gasteiger partial charge in [0.25, 0.3) is 0 Å². The summed E-state index contributed by atoms with van der Waals surface area (Å²) < 4.78 is 0. The van der Waals surface area contributed by atoms with Crippen molar-refractivity contribution in [3.05, 3.63) is 64.7 Å². The van der Waals surface area contributed by atoms with Crippen molar-refractivity contribution in [2.24, 2.45) is 0 Å². The number of hydrogen-bond donors (Lipinski definition) is 2. The van der Waals surface area contributed by atoms with Gasteiger partial charge in [0.05, 0.1) is 6.04 Å². The molecule has 0 spiro atoms. The number of carbonyl (C=O) groups excluding carboxylic acids is 1. The third-order valence-corrected chi connectivity index (χ3v) is 4.11. The second kappa shape index (κ2) is 8.14. The predicted octanol–water partition coefficient (Wildman–Crippen LogP) is 4.58. The standard InChI is InChI=1S/C19H23ClN2O/c1-4-15-8-10-18(11-9-15)22-19(23)14(3)21-13(2)16-6-5-7-17(20)12-16/h5-14,21H,4H2,1-3H3,(H,22,23)/t13-,14-/m1/s1. The molecule has 3 nitrogen and oxygen atoms in total. The number of amides is 1. The van der Waals surface area contributed by atoms with Crippen LogP contribution in [0.4, 0.5) is 5.69 Å². The van der Waals surface area contributed by atoms with E-state index >= 15 is 0 Å². The first-order chi connectivity index (χ1) is 11.0. The van der Waals surface area contributed by atoms with Gasteiger partial charge >= 0.3 is 0 Å². The second-order valence-electron chi connectivity index (χ2n) is 5.70. The molecule has 0 saturated heterocycles. The maximum absolute atomic E-state index is 12.3. The van der Waals surface area contributed by atoms with Crippen LogP contribution in [0.3, 0.4) is 0 Å². The van der Waals surface area contributed by atoms with Gasteiger partial charge in [-0.1, -0.05) is 42.8 Å². The molecule has 23 heavy (non-hydrogen) atoms. The Morgan fingerprint density at radius 3 is 2.43 bits per heavy atom. The second-order valence-corrected chi connectivity index (χ2v) is 6.14. The summed E-state index contributed by atoms with van der Waals surface area (Å²) in [4.78, 5) is 12.3. The Bertz CT molecular complexity index is 655. The van der Waals surface area contributed by atoms with E-state index in [0.29, 0.717) is 5.02 Å². The molecule has 0 radical (unpaired) electrons. The van der Waals surface area contributed by atoms with Crippen LogP contribution in [0.25, 0.3) is 0 Å². The number of nitrogens with one attached hydrogen (secondary N) is 2. The molecular formula is C19H23ClN2O. The Morgan fingerprint density at radius 2 is 1.83 bits per heavy atom. The van der Waals surface area contributed by atoms with Gasteiger partial charge in [0, 0.05) is 16.8 Å². The summed E-state index contributed by atoms with van der Waals surface area (Å²) in [5.74, 6) is -0.0527. The van der Waals surface area contributed by atoms with E-state index < -0.39 is 0 Å². The number of anilines is 1. The SMILES string of the molecule is CCc1ccc(NC(=O)[C@@H](C)N[C@H](C)c2cccc(Cl)c2)cc1. The summed E-state index contributed by atoms with van der Waals surface area (Å²) in [5.41, 5.74) is 3.13. The molecule has 0 aliphatic heterocycles. The smallest absolute Gasteiger partial charge is 0.241 e. The minimum Gasteiger partial charge on any atom is -0.325 e. The fraction of sp³-hybridized carbons (Fsp3) is 0.316. The molecular weight excluding hydrogens is 308 g/mol. The third-order valence-electron chi connectivity index (χ3n) is 3.87. The molecule has 0 heterocycles. The van der Waals surface area contributed by atoms with Crippen molar-refractivity contribution < 1.29 is 4.79 Å². The van der Waals surface area contributed by atoms with Crippen molar-refractivity contribution in [1.82, 2.24) is 5.32 Å². The van der Waals surface area contributed by atoms with Crippen molar-refractivity contribution >= 4 is 23.2 Å². The van der Waals surface area contributed by atoms with Gasteiger partial charge in [0.15, 0.2) is 0 Å². The highest BCUT2D eigenvalue weighted by molar-refractivity contribution is 6.30. The summed E-state index contributed by atoms with van der Waals surface area (Å²) in [6.07, 6.45) is 0.989. The Balaban J connectivity index is 1.93. The highest BCUT2D eigenvalue weighted by Gasteiger charge is 2.16. The maximum Gasteiger partial charge on any atom is 0.241 e. The summed E-state index contributed by atoms with van der Waals surface area (Å²) in [7, 11) is 0. The van der Waals surface area contributed by atoms with Gasteiger partial charge in [-0.2, -0.15) is 0 Å². The lowest BCUT2D eigenvalue weighted by Crippen LogP contribution is -2.39. The van der Waals surface area contributed by atoms with Crippen LogP contribution in [-0.4, -0.2) is 11.9 Å². The Morgan fingerprint density at radius 1 is 1.13 bits per heavy atom. The number of benzene rings is 2. The first-order valence-corrected chi connectivity index (χ1v) is 8.28. The molecule has 2 N–H and O–H groups in total. The lowest BCUT2D eigenvalue weighted by Gasteiger charge is -2.20. The number of carbonyl (C=O) groups is 1. The van der Waals surface area contributed by atoms with Gasteiger partial charge < -0.3 is 5.32 Å². The zero-order valence-corrected chi connectivity index (χ0v) is 14.5. The quantitative estimate of drug-likeness (QED) is 0.814. The molecule has 1 amide bonds. The van der Waals surface area contributed by atoms with E-state index in [9.17, 15) is 4.79 Å². The van der Waals surface area contributed by atoms with Crippen molar-refractivity contribution in [3.63, 3.8) is 0 Å². The van der Waals surface area contributed by atoms with Crippen LogP contribution < -0.4 is 10.6 Å². The Labute approximate surface area is 143 Å². The van der Waals surface area contributed by atoms with Crippen LogP contribution in [-0.2, 0) is 11.2 Å². The summed E-state index contributed by atoms with van der Waals surface area (Å²) in [6.45, 7) is 5.99. The summed E-state index contributed by atoms with van der Waals surface area (Å²) in [5, 5.41) is 6.93. The van der Waals surface area contributed by atoms with Gasteiger partial charge in [-0.15, -0.1) is 0 Å². The van der Waals surface area contributed by atoms with E-state index in [2.05, 4.69) is 17.6 Å². The highest BCUT2D eigenvalue weighted by atomic mass is 35.5. The number of rotatable bonds is 6. The van der Waals surface area contributed by atoms with E-state index in [0.717, 1.165) is 17.7 Å². The molecule has 0 bridgehead atoms. The normalized spacial score (nSPS) is 13.4. The van der Waals surface area contributed by atoms with Gasteiger partial charge in [0.2, 0.25) is 5.91 Å². The molecule has 0 aliphatic rings. The molecule has 0 unspecified atom stereocenters. The molecule has 2 atom stereocenters. The number of aryl methyl sites for hydroxylation is 1. The fourth-order valence-corrected chi connectivity index (χ4v) is 2.60. The average Bonchev–Trinajstić information content (AvgIpc) is 2.55. The Hall–Kier alpha value is -1.84. The molecule has 0 saturated carbocycles. The van der Waals surface area contributed by atoms with Crippen LogP contribution in [0.15, 0.2) is 48.5 Å². The van der Waals surface area contributed by atoms with Crippen molar-refractivity contribution in [3.8, 4) is 0 Å². The number of hydrogen-bond acceptors (Lipinski definition) is 2. The van der Waals surface area contributed by atoms with Crippen LogP contribution in [0, 0.1) is 0 Å². The van der Waals surface area contributed by atoms with Gasteiger partial charge in [-0.05, 0) is 55.7 Å². The molecule has 122 valence electrons. The third kappa shape index (κ3) is 5.08. The lowest BCUT2D eigenvalue weighted by atomic mass is 10.1. The van der Waals surface area contributed by atoms with Gasteiger partial charge in [-0.25, -0.2) is 0 Å². The van der Waals surface area contributed by atoms with Crippen molar-refractivity contribution in [2.75, 3.05) is 5.32 Å². The molecule has 2 aromatic carbocycles. The van der Waals surface area contributed by atoms with Crippen LogP contribution in [0.2, 0.25) is 5.02 Å². The van der Waals surface area contributed by atoms with E-state index in [-0.39, 0.29) is 18.0 Å². The highest BCUT2D eigenvalue weighted by Crippen LogP contribution is 2.18. The molecule has 0 aromatic heterocycles. The topological polar surface area (TPSA) is 41.1 Å². The summed E-state index contributed by atoms with van der Waals surface area (Å²) in [6, 6.07) is 15.3. The van der Waals surface area contributed by atoms with E-state index in [4.69, 9.17) is 11.6 Å². The van der Waals surface area contributed by atoms with Gasteiger partial charge in [0.1, 0.15) is 0 Å². The molecule has 0 fully saturated rings. The van der Waals surface area contributed by atoms with Gasteiger partial charge in [-0.3, -0.25) is 10.1 Å². The molecule has 4 heteroatoms. The molecule has 2 rings (SSSR count). The predicted molar refractivity (Wildman–Crippen MR) is 96.9 cm³/mol. The van der Waals surface area contributed by atoms with Crippen LogP contribution >= 0.6 is 11.6 Å². The van der Waals surface area contributed by atoms with E-state index in [1.165, 1.54) is 5.56 Å². The minimum absolute atomic E-state index is 0.0388. The summed E-state index contributed by atoms with van der Waals surface area (Å²) >= 11 is 6.01. The Kier molecular flexibility index (Phi) is 6.20. The largest absolute Gasteiger partial charge is 0.325 e. The van der Waals surface area contributed by atoms with E-state index in [1.807, 2.05) is 62.4 Å². The zero-order chi connectivity index (χ0) is 16.8. The monoisotopic (exact) mass is 330 g/mol. The first-order valence-electron chi connectivity index (χ1n) is 7.91. The fourth-order valence-electron chi connectivity index (χ4n) is 2.40. The minimum atomic E-state index is -0.310. The zero-order valence-electron chi connectivity index (χ0n) is 13.8. The lowest BCUT2D eigenvalue weighted by molar-refractivity contribution is -0.117. The number of halogens is 1. The molecule has 0 aliphatic carbocycles.